The Morgan fingerprint density at radius 3 is 2.25 bits per heavy atom. The molecule has 4 atom stereocenters. The molecule has 3 aliphatic heterocycles. The van der Waals surface area contributed by atoms with Crippen molar-refractivity contribution in [3.05, 3.63) is 102 Å². The molecule has 0 spiro atoms. The number of para-hydroxylation sites is 1. The maximum atomic E-state index is 13.8. The fourth-order valence-electron chi connectivity index (χ4n) is 5.66. The van der Waals surface area contributed by atoms with E-state index in [1.165, 1.54) is 12.1 Å². The summed E-state index contributed by atoms with van der Waals surface area (Å²) in [6, 6.07) is 18.5. The summed E-state index contributed by atoms with van der Waals surface area (Å²) in [5, 5.41) is 0. The highest BCUT2D eigenvalue weighted by Crippen LogP contribution is 2.50. The van der Waals surface area contributed by atoms with Gasteiger partial charge >= 0.3 is 6.18 Å². The molecule has 0 radical (unpaired) electrons. The second-order valence-corrected chi connectivity index (χ2v) is 9.10. The van der Waals surface area contributed by atoms with Crippen molar-refractivity contribution in [3.8, 4) is 0 Å². The number of rotatable bonds is 3. The molecule has 0 saturated carbocycles. The zero-order valence-corrected chi connectivity index (χ0v) is 18.7. The maximum absolute atomic E-state index is 13.8. The smallest absolute Gasteiger partial charge is 0.352 e. The van der Waals surface area contributed by atoms with E-state index < -0.39 is 47.5 Å². The monoisotopic (exact) mass is 488 g/mol. The summed E-state index contributed by atoms with van der Waals surface area (Å²) < 4.78 is 40.0. The molecule has 3 heterocycles. The lowest BCUT2D eigenvalue weighted by atomic mass is 9.86. The molecule has 0 N–H and O–H groups in total. The number of benzene rings is 3. The van der Waals surface area contributed by atoms with E-state index in [1.807, 2.05) is 35.2 Å². The predicted octanol–water partition coefficient (Wildman–Crippen LogP) is 4.98. The van der Waals surface area contributed by atoms with Crippen LogP contribution in [0.1, 0.15) is 21.5 Å². The van der Waals surface area contributed by atoms with E-state index in [2.05, 4.69) is 0 Å². The molecule has 2 saturated heterocycles. The standard InChI is InChI=1S/C28H19F3N2O3/c29-28(30,31)18-10-6-11-19(15-18)32-26(35)22-21-14-13-16-7-4-5-12-20(16)33(21)24(23(22)27(32)36)25(34)17-8-2-1-3-9-17/h1-15,21-24H/t21-,22-,23-,24-/m1/s1. The van der Waals surface area contributed by atoms with Crippen LogP contribution in [0.3, 0.4) is 0 Å². The van der Waals surface area contributed by atoms with Gasteiger partial charge in [0.2, 0.25) is 11.8 Å². The molecule has 0 aliphatic carbocycles. The lowest BCUT2D eigenvalue weighted by Crippen LogP contribution is -2.48. The number of nitrogens with zero attached hydrogens (tertiary/aromatic N) is 2. The Morgan fingerprint density at radius 2 is 1.50 bits per heavy atom. The molecular weight excluding hydrogens is 469 g/mol. The molecule has 5 nitrogen and oxygen atoms in total. The van der Waals surface area contributed by atoms with Crippen LogP contribution in [-0.2, 0) is 15.8 Å². The van der Waals surface area contributed by atoms with Gasteiger partial charge in [0.25, 0.3) is 0 Å². The second kappa shape index (κ2) is 7.91. The predicted molar refractivity (Wildman–Crippen MR) is 127 cm³/mol. The van der Waals surface area contributed by atoms with Crippen molar-refractivity contribution in [2.24, 2.45) is 11.8 Å². The minimum atomic E-state index is -4.63. The fourth-order valence-corrected chi connectivity index (χ4v) is 5.66. The number of halogens is 3. The zero-order chi connectivity index (χ0) is 25.2. The van der Waals surface area contributed by atoms with Crippen LogP contribution in [0.25, 0.3) is 6.08 Å². The summed E-state index contributed by atoms with van der Waals surface area (Å²) in [6.07, 6.45) is -0.969. The Bertz CT molecular complexity index is 1430. The molecule has 3 aromatic carbocycles. The van der Waals surface area contributed by atoms with Crippen molar-refractivity contribution < 1.29 is 27.6 Å². The van der Waals surface area contributed by atoms with E-state index in [9.17, 15) is 27.6 Å². The summed E-state index contributed by atoms with van der Waals surface area (Å²) in [6.45, 7) is 0. The van der Waals surface area contributed by atoms with Gasteiger partial charge in [-0.2, -0.15) is 13.2 Å². The number of ketones is 1. The molecule has 3 aromatic rings. The van der Waals surface area contributed by atoms with E-state index in [0.717, 1.165) is 28.3 Å². The number of amides is 2. The molecule has 0 unspecified atom stereocenters. The first-order valence-electron chi connectivity index (χ1n) is 11.5. The largest absolute Gasteiger partial charge is 0.416 e. The number of anilines is 2. The SMILES string of the molecule is O=C(c1ccccc1)[C@H]1[C@@H]2C(=O)N(c3cccc(C(F)(F)F)c3)C(=O)[C@@H]2[C@H]2C=Cc3ccccc3N21. The molecule has 36 heavy (non-hydrogen) atoms. The molecule has 6 rings (SSSR count). The second-order valence-electron chi connectivity index (χ2n) is 9.10. The number of imide groups is 1. The number of carbonyl (C=O) groups excluding carboxylic acids is 3. The number of fused-ring (bicyclic) bond motifs is 5. The Morgan fingerprint density at radius 1 is 0.806 bits per heavy atom. The molecule has 8 heteroatoms. The number of hydrogen-bond donors (Lipinski definition) is 0. The average molecular weight is 488 g/mol. The van der Waals surface area contributed by atoms with E-state index in [0.29, 0.717) is 5.56 Å². The summed E-state index contributed by atoms with van der Waals surface area (Å²) in [5.41, 5.74) is 0.885. The van der Waals surface area contributed by atoms with Gasteiger partial charge in [-0.15, -0.1) is 0 Å². The number of hydrogen-bond acceptors (Lipinski definition) is 4. The zero-order valence-electron chi connectivity index (χ0n) is 18.7. The third kappa shape index (κ3) is 3.21. The van der Waals surface area contributed by atoms with Crippen LogP contribution in [0.15, 0.2) is 84.9 Å². The first-order chi connectivity index (χ1) is 17.3. The third-order valence-corrected chi connectivity index (χ3v) is 7.17. The van der Waals surface area contributed by atoms with E-state index in [-0.39, 0.29) is 11.5 Å². The van der Waals surface area contributed by atoms with Crippen LogP contribution in [-0.4, -0.2) is 29.7 Å². The summed E-state index contributed by atoms with van der Waals surface area (Å²) >= 11 is 0. The third-order valence-electron chi connectivity index (χ3n) is 7.17. The number of alkyl halides is 3. The van der Waals surface area contributed by atoms with E-state index >= 15 is 0 Å². The average Bonchev–Trinajstić information content (AvgIpc) is 3.36. The Kier molecular flexibility index (Phi) is 4.90. The van der Waals surface area contributed by atoms with Crippen LogP contribution in [0.5, 0.6) is 0 Å². The highest BCUT2D eigenvalue weighted by atomic mass is 19.4. The van der Waals surface area contributed by atoms with E-state index in [4.69, 9.17) is 0 Å². The molecule has 0 aromatic heterocycles. The Labute approximate surface area is 204 Å². The van der Waals surface area contributed by atoms with Gasteiger partial charge in [0.1, 0.15) is 6.04 Å². The molecule has 0 bridgehead atoms. The van der Waals surface area contributed by atoms with Crippen LogP contribution in [0.2, 0.25) is 0 Å². The van der Waals surface area contributed by atoms with Crippen molar-refractivity contribution >= 4 is 35.0 Å². The van der Waals surface area contributed by atoms with Crippen LogP contribution >= 0.6 is 0 Å². The quantitative estimate of drug-likeness (QED) is 0.386. The van der Waals surface area contributed by atoms with Gasteiger partial charge in [0.05, 0.1) is 29.1 Å². The van der Waals surface area contributed by atoms with Crippen LogP contribution in [0.4, 0.5) is 24.5 Å². The Hall–Kier alpha value is -4.20. The normalized spacial score (nSPS) is 24.5. The number of Topliss-reactive ketones (excluding diaryl/α,β-unsaturated/α-hetero) is 1. The van der Waals surface area contributed by atoms with Crippen molar-refractivity contribution in [1.82, 2.24) is 0 Å². The molecular formula is C28H19F3N2O3. The van der Waals surface area contributed by atoms with Gasteiger partial charge in [-0.1, -0.05) is 66.7 Å². The molecule has 2 amide bonds. The summed E-state index contributed by atoms with van der Waals surface area (Å²) in [5.74, 6) is -3.54. The van der Waals surface area contributed by atoms with Crippen molar-refractivity contribution in [1.29, 1.82) is 0 Å². The first kappa shape index (κ1) is 22.3. The topological polar surface area (TPSA) is 57.7 Å². The van der Waals surface area contributed by atoms with E-state index in [1.54, 1.807) is 36.4 Å². The van der Waals surface area contributed by atoms with Crippen molar-refractivity contribution in [2.75, 3.05) is 9.80 Å². The summed E-state index contributed by atoms with van der Waals surface area (Å²) in [7, 11) is 0. The van der Waals surface area contributed by atoms with Gasteiger partial charge in [-0.25, -0.2) is 4.90 Å². The van der Waals surface area contributed by atoms with Gasteiger partial charge in [-0.05, 0) is 29.8 Å². The van der Waals surface area contributed by atoms with Crippen LogP contribution in [0, 0.1) is 11.8 Å². The highest BCUT2D eigenvalue weighted by molar-refractivity contribution is 6.25. The van der Waals surface area contributed by atoms with Gasteiger partial charge in [0.15, 0.2) is 5.78 Å². The van der Waals surface area contributed by atoms with Crippen LogP contribution < -0.4 is 9.80 Å². The lowest BCUT2D eigenvalue weighted by Gasteiger charge is -2.36. The molecule has 3 aliphatic rings. The van der Waals surface area contributed by atoms with Crippen molar-refractivity contribution in [2.45, 2.75) is 18.3 Å². The minimum absolute atomic E-state index is 0.146. The lowest BCUT2D eigenvalue weighted by molar-refractivity contribution is -0.137. The minimum Gasteiger partial charge on any atom is -0.352 e. The maximum Gasteiger partial charge on any atom is 0.416 e. The van der Waals surface area contributed by atoms with Gasteiger partial charge in [0, 0.05) is 11.3 Å². The molecule has 2 fully saturated rings. The van der Waals surface area contributed by atoms with Gasteiger partial charge < -0.3 is 4.90 Å². The summed E-state index contributed by atoms with van der Waals surface area (Å²) in [4.78, 5) is 44.0. The molecule has 180 valence electrons. The van der Waals surface area contributed by atoms with Gasteiger partial charge in [-0.3, -0.25) is 14.4 Å². The first-order valence-corrected chi connectivity index (χ1v) is 11.5. The fraction of sp³-hybridized carbons (Fsp3) is 0.179. The van der Waals surface area contributed by atoms with Crippen molar-refractivity contribution in [3.63, 3.8) is 0 Å². The number of carbonyl (C=O) groups is 3. The Balaban J connectivity index is 1.48. The highest BCUT2D eigenvalue weighted by Gasteiger charge is 2.64.